The molecule has 2 aromatic rings. The molecule has 0 aliphatic heterocycles. The summed E-state index contributed by atoms with van der Waals surface area (Å²) in [6, 6.07) is 2.36. The molecule has 0 N–H and O–H groups in total. The molecule has 0 radical (unpaired) electrons. The van der Waals surface area contributed by atoms with Crippen molar-refractivity contribution in [2.75, 3.05) is 12.4 Å². The highest BCUT2D eigenvalue weighted by atomic mass is 32.2. The molecule has 33 heavy (non-hydrogen) atoms. The van der Waals surface area contributed by atoms with Crippen molar-refractivity contribution in [1.82, 2.24) is 9.13 Å². The SMILES string of the molecule is CCOC(=O)CSc1cc(-n2c(=O)cc(C(F)(F)F)n(C)c2=O)c(F)cc1C#C[Si](C)(C)C. The van der Waals surface area contributed by atoms with Gasteiger partial charge in [0.05, 0.1) is 18.0 Å². The number of rotatable bonds is 5. The first-order valence-corrected chi connectivity index (χ1v) is 14.2. The van der Waals surface area contributed by atoms with E-state index in [0.717, 1.165) is 30.9 Å². The Morgan fingerprint density at radius 2 is 1.82 bits per heavy atom. The third kappa shape index (κ3) is 6.61. The van der Waals surface area contributed by atoms with E-state index in [4.69, 9.17) is 4.74 Å². The van der Waals surface area contributed by atoms with Gasteiger partial charge in [-0.2, -0.15) is 13.2 Å². The molecule has 0 atom stereocenters. The number of thioether (sulfide) groups is 1. The van der Waals surface area contributed by atoms with Gasteiger partial charge in [-0.1, -0.05) is 25.6 Å². The Kier molecular flexibility index (Phi) is 8.03. The largest absolute Gasteiger partial charge is 0.465 e. The van der Waals surface area contributed by atoms with E-state index < -0.39 is 48.7 Å². The molecule has 178 valence electrons. The fourth-order valence-electron chi connectivity index (χ4n) is 2.64. The summed E-state index contributed by atoms with van der Waals surface area (Å²) in [5.74, 6) is 1.16. The Bertz CT molecular complexity index is 1250. The highest BCUT2D eigenvalue weighted by Gasteiger charge is 2.35. The molecule has 6 nitrogen and oxygen atoms in total. The zero-order valence-electron chi connectivity index (χ0n) is 18.6. The lowest BCUT2D eigenvalue weighted by Gasteiger charge is -2.15. The minimum absolute atomic E-state index is 0.152. The van der Waals surface area contributed by atoms with Gasteiger partial charge < -0.3 is 4.74 Å². The van der Waals surface area contributed by atoms with E-state index in [-0.39, 0.29) is 33.5 Å². The Balaban J connectivity index is 2.73. The van der Waals surface area contributed by atoms with Crippen LogP contribution in [0.15, 0.2) is 32.7 Å². The van der Waals surface area contributed by atoms with Gasteiger partial charge in [-0.05, 0) is 19.1 Å². The van der Waals surface area contributed by atoms with Crippen LogP contribution in [0.5, 0.6) is 0 Å². The van der Waals surface area contributed by atoms with Gasteiger partial charge in [-0.3, -0.25) is 14.2 Å². The maximum Gasteiger partial charge on any atom is 0.431 e. The second-order valence-corrected chi connectivity index (χ2v) is 13.7. The number of halogens is 4. The molecule has 1 aromatic carbocycles. The Labute approximate surface area is 192 Å². The van der Waals surface area contributed by atoms with Gasteiger partial charge in [-0.15, -0.1) is 17.3 Å². The number of carbonyl (C=O) groups excluding carboxylic acids is 1. The van der Waals surface area contributed by atoms with E-state index >= 15 is 0 Å². The molecule has 0 fully saturated rings. The number of nitrogens with zero attached hydrogens (tertiary/aromatic N) is 2. The molecule has 0 unspecified atom stereocenters. The van der Waals surface area contributed by atoms with Gasteiger partial charge in [0.1, 0.15) is 19.6 Å². The lowest BCUT2D eigenvalue weighted by atomic mass is 10.2. The van der Waals surface area contributed by atoms with E-state index in [0.29, 0.717) is 4.57 Å². The van der Waals surface area contributed by atoms with E-state index in [1.807, 2.05) is 19.6 Å². The van der Waals surface area contributed by atoms with Crippen molar-refractivity contribution in [2.45, 2.75) is 37.6 Å². The van der Waals surface area contributed by atoms with Gasteiger partial charge in [0.15, 0.2) is 0 Å². The van der Waals surface area contributed by atoms with Crippen LogP contribution in [0.3, 0.4) is 0 Å². The van der Waals surface area contributed by atoms with Crippen LogP contribution in [0, 0.1) is 17.3 Å². The fourth-order valence-corrected chi connectivity index (χ4v) is 3.97. The highest BCUT2D eigenvalue weighted by molar-refractivity contribution is 8.00. The highest BCUT2D eigenvalue weighted by Crippen LogP contribution is 2.29. The number of hydrogen-bond donors (Lipinski definition) is 0. The zero-order valence-corrected chi connectivity index (χ0v) is 20.4. The first-order valence-electron chi connectivity index (χ1n) is 9.71. The zero-order chi connectivity index (χ0) is 25.1. The van der Waals surface area contributed by atoms with Crippen LogP contribution in [0.4, 0.5) is 17.6 Å². The van der Waals surface area contributed by atoms with Crippen molar-refractivity contribution in [3.05, 3.63) is 56.1 Å². The van der Waals surface area contributed by atoms with Crippen molar-refractivity contribution in [3.63, 3.8) is 0 Å². The van der Waals surface area contributed by atoms with Gasteiger partial charge in [-0.25, -0.2) is 13.8 Å². The molecule has 0 spiro atoms. The van der Waals surface area contributed by atoms with Crippen LogP contribution in [-0.2, 0) is 22.8 Å². The van der Waals surface area contributed by atoms with E-state index in [9.17, 15) is 31.9 Å². The number of alkyl halides is 3. The van der Waals surface area contributed by atoms with E-state index in [1.54, 1.807) is 6.92 Å². The van der Waals surface area contributed by atoms with Crippen LogP contribution >= 0.6 is 11.8 Å². The first kappa shape index (κ1) is 26.5. The minimum Gasteiger partial charge on any atom is -0.465 e. The smallest absolute Gasteiger partial charge is 0.431 e. The minimum atomic E-state index is -4.94. The van der Waals surface area contributed by atoms with E-state index in [1.165, 1.54) is 0 Å². The number of hydrogen-bond acceptors (Lipinski definition) is 5. The normalized spacial score (nSPS) is 11.7. The lowest BCUT2D eigenvalue weighted by Crippen LogP contribution is -2.41. The second-order valence-electron chi connectivity index (χ2n) is 7.94. The summed E-state index contributed by atoms with van der Waals surface area (Å²) < 4.78 is 59.8. The van der Waals surface area contributed by atoms with Gasteiger partial charge in [0.2, 0.25) is 0 Å². The molecule has 0 amide bonds. The molecule has 0 aliphatic rings. The molecule has 1 aromatic heterocycles. The van der Waals surface area contributed by atoms with Crippen molar-refractivity contribution in [1.29, 1.82) is 0 Å². The van der Waals surface area contributed by atoms with Crippen LogP contribution in [0.2, 0.25) is 19.6 Å². The summed E-state index contributed by atoms with van der Waals surface area (Å²) in [4.78, 5) is 37.0. The van der Waals surface area contributed by atoms with Crippen molar-refractivity contribution in [2.24, 2.45) is 7.05 Å². The Hall–Kier alpha value is -2.78. The van der Waals surface area contributed by atoms with Crippen molar-refractivity contribution >= 4 is 25.8 Å². The monoisotopic (exact) mass is 502 g/mol. The molecular weight excluding hydrogens is 480 g/mol. The first-order chi connectivity index (χ1) is 15.2. The average molecular weight is 503 g/mol. The van der Waals surface area contributed by atoms with Crippen LogP contribution < -0.4 is 11.2 Å². The third-order valence-electron chi connectivity index (χ3n) is 4.12. The Morgan fingerprint density at radius 1 is 1.18 bits per heavy atom. The number of ether oxygens (including phenoxy) is 1. The molecule has 0 saturated heterocycles. The summed E-state index contributed by atoms with van der Waals surface area (Å²) in [5, 5.41) is 0. The predicted molar refractivity (Wildman–Crippen MR) is 120 cm³/mol. The number of carbonyl (C=O) groups is 1. The molecule has 2 rings (SSSR count). The molecule has 0 aliphatic carbocycles. The number of benzene rings is 1. The summed E-state index contributed by atoms with van der Waals surface area (Å²) in [7, 11) is -1.03. The fraction of sp³-hybridized carbons (Fsp3) is 0.381. The van der Waals surface area contributed by atoms with Crippen molar-refractivity contribution < 1.29 is 27.1 Å². The predicted octanol–water partition coefficient (Wildman–Crippen LogP) is 3.58. The molecule has 1 heterocycles. The van der Waals surface area contributed by atoms with Crippen LogP contribution in [0.25, 0.3) is 5.69 Å². The molecule has 0 saturated carbocycles. The van der Waals surface area contributed by atoms with E-state index in [2.05, 4.69) is 11.5 Å². The van der Waals surface area contributed by atoms with Crippen molar-refractivity contribution in [3.8, 4) is 17.2 Å². The number of esters is 1. The van der Waals surface area contributed by atoms with Gasteiger partial charge in [0.25, 0.3) is 5.56 Å². The van der Waals surface area contributed by atoms with Gasteiger partial charge in [0, 0.05) is 23.6 Å². The second kappa shape index (κ2) is 10.0. The standard InChI is InChI=1S/C21H22F4N2O4SSi/c1-6-31-19(29)12-32-16-10-15(14(22)9-13(16)7-8-33(3,4)5)27-18(28)11-17(21(23,24)25)26(2)20(27)30/h9-11H,6,12H2,1-5H3. The topological polar surface area (TPSA) is 70.3 Å². The average Bonchev–Trinajstić information content (AvgIpc) is 2.68. The quantitative estimate of drug-likeness (QED) is 0.206. The summed E-state index contributed by atoms with van der Waals surface area (Å²) in [5.41, 5.74) is -1.41. The number of aromatic nitrogens is 2. The summed E-state index contributed by atoms with van der Waals surface area (Å²) >= 11 is 0.954. The maximum atomic E-state index is 15.0. The molecular formula is C21H22F4N2O4SSi. The van der Waals surface area contributed by atoms with Gasteiger partial charge >= 0.3 is 17.8 Å². The molecule has 12 heteroatoms. The summed E-state index contributed by atoms with van der Waals surface area (Å²) in [6.45, 7) is 7.72. The third-order valence-corrected chi connectivity index (χ3v) is 6.03. The van der Waals surface area contributed by atoms with Crippen LogP contribution in [0.1, 0.15) is 18.2 Å². The lowest BCUT2D eigenvalue weighted by molar-refractivity contribution is -0.144. The molecule has 0 bridgehead atoms. The van der Waals surface area contributed by atoms with Crippen LogP contribution in [-0.4, -0.2) is 35.5 Å². The Morgan fingerprint density at radius 3 is 2.36 bits per heavy atom. The maximum absolute atomic E-state index is 15.0. The summed E-state index contributed by atoms with van der Waals surface area (Å²) in [6.07, 6.45) is -4.94.